The van der Waals surface area contributed by atoms with Crippen molar-refractivity contribution in [3.63, 3.8) is 0 Å². The molecule has 0 aliphatic rings. The van der Waals surface area contributed by atoms with Crippen molar-refractivity contribution >= 4 is 23.2 Å². The minimum atomic E-state index is -0.787. The predicted molar refractivity (Wildman–Crippen MR) is 103 cm³/mol. The van der Waals surface area contributed by atoms with Gasteiger partial charge in [-0.2, -0.15) is 5.10 Å². The van der Waals surface area contributed by atoms with Gasteiger partial charge in [0.05, 0.1) is 11.9 Å². The molecule has 2 N–H and O–H groups in total. The minimum absolute atomic E-state index is 0.167. The summed E-state index contributed by atoms with van der Waals surface area (Å²) in [6.45, 7) is 0.511. The molecule has 1 amide bonds. The Balaban J connectivity index is 1.53. The topological polar surface area (TPSA) is 97.1 Å². The summed E-state index contributed by atoms with van der Waals surface area (Å²) in [4.78, 5) is 27.0. The third-order valence-electron chi connectivity index (χ3n) is 3.94. The summed E-state index contributed by atoms with van der Waals surface area (Å²) in [6.07, 6.45) is 5.93. The Kier molecular flexibility index (Phi) is 6.32. The zero-order chi connectivity index (χ0) is 19.1. The molecule has 0 spiro atoms. The van der Waals surface area contributed by atoms with Gasteiger partial charge in [-0.15, -0.1) is 11.3 Å². The van der Waals surface area contributed by atoms with Crippen molar-refractivity contribution in [2.24, 2.45) is 0 Å². The number of carboxylic acid groups (broad SMARTS) is 1. The summed E-state index contributed by atoms with van der Waals surface area (Å²) in [5, 5.41) is 18.2. The average Bonchev–Trinajstić information content (AvgIpc) is 3.34. The van der Waals surface area contributed by atoms with Gasteiger partial charge < -0.3 is 10.4 Å². The molecule has 27 heavy (non-hydrogen) atoms. The molecule has 0 unspecified atom stereocenters. The van der Waals surface area contributed by atoms with E-state index in [0.29, 0.717) is 18.7 Å². The number of benzene rings is 1. The van der Waals surface area contributed by atoms with Gasteiger partial charge in [0.1, 0.15) is 10.7 Å². The van der Waals surface area contributed by atoms with Crippen molar-refractivity contribution in [2.75, 3.05) is 6.54 Å². The maximum atomic E-state index is 12.2. The molecule has 0 atom stereocenters. The highest BCUT2D eigenvalue weighted by atomic mass is 32.1. The molecule has 0 saturated heterocycles. The lowest BCUT2D eigenvalue weighted by Gasteiger charge is -2.02. The van der Waals surface area contributed by atoms with Gasteiger partial charge in [0.15, 0.2) is 0 Å². The number of amides is 1. The zero-order valence-electron chi connectivity index (χ0n) is 14.7. The van der Waals surface area contributed by atoms with Gasteiger partial charge >= 0.3 is 5.97 Å². The predicted octanol–water partition coefficient (Wildman–Crippen LogP) is 3.37. The Hall–Kier alpha value is -3.00. The molecule has 2 heterocycles. The monoisotopic (exact) mass is 384 g/mol. The molecular formula is C19H20N4O3S. The number of thiazole rings is 1. The Bertz CT molecular complexity index is 905. The van der Waals surface area contributed by atoms with Gasteiger partial charge in [-0.05, 0) is 25.0 Å². The van der Waals surface area contributed by atoms with Gasteiger partial charge in [0.25, 0.3) is 5.91 Å². The molecule has 2 aromatic heterocycles. The van der Waals surface area contributed by atoms with Gasteiger partial charge in [-0.1, -0.05) is 24.6 Å². The summed E-state index contributed by atoms with van der Waals surface area (Å²) in [6, 6.07) is 9.78. The molecule has 0 fully saturated rings. The van der Waals surface area contributed by atoms with E-state index in [9.17, 15) is 9.59 Å². The first-order valence-corrected chi connectivity index (χ1v) is 9.57. The fourth-order valence-corrected chi connectivity index (χ4v) is 3.31. The van der Waals surface area contributed by atoms with Crippen molar-refractivity contribution in [1.82, 2.24) is 20.1 Å². The lowest BCUT2D eigenvalue weighted by atomic mass is 10.2. The molecule has 140 valence electrons. The third kappa shape index (κ3) is 5.24. The van der Waals surface area contributed by atoms with E-state index in [1.807, 2.05) is 36.5 Å². The molecule has 1 aromatic carbocycles. The van der Waals surface area contributed by atoms with E-state index in [2.05, 4.69) is 15.4 Å². The van der Waals surface area contributed by atoms with Gasteiger partial charge in [0, 0.05) is 30.1 Å². The minimum Gasteiger partial charge on any atom is -0.481 e. The summed E-state index contributed by atoms with van der Waals surface area (Å²) in [7, 11) is 0. The van der Waals surface area contributed by atoms with Crippen LogP contribution in [0.5, 0.6) is 0 Å². The quantitative estimate of drug-likeness (QED) is 0.551. The maximum absolute atomic E-state index is 12.2. The number of carbonyl (C=O) groups is 2. The molecule has 0 aliphatic carbocycles. The van der Waals surface area contributed by atoms with Crippen molar-refractivity contribution in [3.05, 3.63) is 53.8 Å². The second-order valence-electron chi connectivity index (χ2n) is 6.01. The second kappa shape index (κ2) is 9.09. The first-order valence-electron chi connectivity index (χ1n) is 8.69. The molecule has 0 bridgehead atoms. The molecule has 0 radical (unpaired) electrons. The second-order valence-corrected chi connectivity index (χ2v) is 6.87. The molecule has 0 saturated carbocycles. The van der Waals surface area contributed by atoms with E-state index in [1.165, 1.54) is 11.3 Å². The van der Waals surface area contributed by atoms with Crippen LogP contribution in [0, 0.1) is 0 Å². The van der Waals surface area contributed by atoms with Crippen molar-refractivity contribution in [1.29, 1.82) is 0 Å². The van der Waals surface area contributed by atoms with Crippen LogP contribution in [0.25, 0.3) is 16.3 Å². The van der Waals surface area contributed by atoms with Crippen molar-refractivity contribution < 1.29 is 14.7 Å². The van der Waals surface area contributed by atoms with Crippen LogP contribution < -0.4 is 5.32 Å². The Morgan fingerprint density at radius 3 is 2.74 bits per heavy atom. The summed E-state index contributed by atoms with van der Waals surface area (Å²) in [5.41, 5.74) is 2.20. The molecule has 8 heteroatoms. The Morgan fingerprint density at radius 2 is 1.96 bits per heavy atom. The first-order chi connectivity index (χ1) is 13.1. The van der Waals surface area contributed by atoms with Crippen molar-refractivity contribution in [2.45, 2.75) is 25.7 Å². The van der Waals surface area contributed by atoms with Crippen LogP contribution in [-0.2, 0) is 4.79 Å². The highest BCUT2D eigenvalue weighted by Gasteiger charge is 2.13. The molecule has 3 aromatic rings. The lowest BCUT2D eigenvalue weighted by molar-refractivity contribution is -0.137. The number of unbranched alkanes of at least 4 members (excludes halogenated alkanes) is 2. The van der Waals surface area contributed by atoms with E-state index >= 15 is 0 Å². The number of para-hydroxylation sites is 1. The van der Waals surface area contributed by atoms with Crippen LogP contribution in [0.4, 0.5) is 0 Å². The Morgan fingerprint density at radius 1 is 1.15 bits per heavy atom. The van der Waals surface area contributed by atoms with E-state index in [4.69, 9.17) is 5.11 Å². The number of hydrogen-bond donors (Lipinski definition) is 2. The molecular weight excluding hydrogens is 364 g/mol. The number of rotatable bonds is 9. The summed E-state index contributed by atoms with van der Waals surface area (Å²) < 4.78 is 1.77. The highest BCUT2D eigenvalue weighted by Crippen LogP contribution is 2.24. The molecule has 7 nitrogen and oxygen atoms in total. The lowest BCUT2D eigenvalue weighted by Crippen LogP contribution is -2.24. The molecule has 0 aliphatic heterocycles. The van der Waals surface area contributed by atoms with Gasteiger partial charge in [-0.3, -0.25) is 9.59 Å². The van der Waals surface area contributed by atoms with Crippen LogP contribution in [0.3, 0.4) is 0 Å². The Labute approximate surface area is 160 Å². The van der Waals surface area contributed by atoms with Crippen LogP contribution in [0.2, 0.25) is 0 Å². The van der Waals surface area contributed by atoms with E-state index in [-0.39, 0.29) is 12.3 Å². The standard InChI is InChI=1S/C19H20N4O3S/c24-17(25)9-5-2-6-10-20-18(26)16-13-27-19(22-16)14-11-21-23(12-14)15-7-3-1-4-8-15/h1,3-4,7-8,11-13H,2,5-6,9-10H2,(H,20,26)(H,24,25). The number of hydrogen-bond acceptors (Lipinski definition) is 5. The number of carboxylic acids is 1. The van der Waals surface area contributed by atoms with Gasteiger partial charge in [0.2, 0.25) is 0 Å². The van der Waals surface area contributed by atoms with E-state index in [1.54, 1.807) is 16.3 Å². The van der Waals surface area contributed by atoms with Crippen molar-refractivity contribution in [3.8, 4) is 16.3 Å². The van der Waals surface area contributed by atoms with Gasteiger partial charge in [-0.25, -0.2) is 9.67 Å². The highest BCUT2D eigenvalue weighted by molar-refractivity contribution is 7.13. The fraction of sp³-hybridized carbons (Fsp3) is 0.263. The van der Waals surface area contributed by atoms with Crippen LogP contribution in [-0.4, -0.2) is 38.3 Å². The first kappa shape index (κ1) is 18.8. The fourth-order valence-electron chi connectivity index (χ4n) is 2.54. The van der Waals surface area contributed by atoms with E-state index < -0.39 is 5.97 Å². The zero-order valence-corrected chi connectivity index (χ0v) is 15.5. The number of carbonyl (C=O) groups excluding carboxylic acids is 1. The summed E-state index contributed by atoms with van der Waals surface area (Å²) >= 11 is 1.40. The number of nitrogens with one attached hydrogen (secondary N) is 1. The average molecular weight is 384 g/mol. The largest absolute Gasteiger partial charge is 0.481 e. The third-order valence-corrected chi connectivity index (χ3v) is 4.83. The van der Waals surface area contributed by atoms with Crippen LogP contribution >= 0.6 is 11.3 Å². The van der Waals surface area contributed by atoms with Crippen LogP contribution in [0.15, 0.2) is 48.1 Å². The smallest absolute Gasteiger partial charge is 0.303 e. The number of nitrogens with zero attached hydrogens (tertiary/aromatic N) is 3. The summed E-state index contributed by atoms with van der Waals surface area (Å²) in [5.74, 6) is -1.00. The number of aliphatic carboxylic acids is 1. The van der Waals surface area contributed by atoms with E-state index in [0.717, 1.165) is 29.1 Å². The van der Waals surface area contributed by atoms with Crippen LogP contribution in [0.1, 0.15) is 36.2 Å². The normalized spacial score (nSPS) is 10.7. The number of aromatic nitrogens is 3. The molecule has 3 rings (SSSR count). The SMILES string of the molecule is O=C(O)CCCCCNC(=O)c1csc(-c2cnn(-c3ccccc3)c2)n1. The maximum Gasteiger partial charge on any atom is 0.303 e.